The zero-order valence-electron chi connectivity index (χ0n) is 12.3. The number of aliphatic carboxylic acids is 1. The maximum atomic E-state index is 13.2. The van der Waals surface area contributed by atoms with Crippen molar-refractivity contribution in [2.45, 2.75) is 0 Å². The van der Waals surface area contributed by atoms with Gasteiger partial charge in [-0.05, 0) is 29.8 Å². The summed E-state index contributed by atoms with van der Waals surface area (Å²) in [5.41, 5.74) is 1.16. The van der Waals surface area contributed by atoms with Gasteiger partial charge in [0.05, 0.1) is 22.0 Å². The minimum absolute atomic E-state index is 0.0729. The number of sulfonamides is 1. The van der Waals surface area contributed by atoms with Crippen LogP contribution in [0.15, 0.2) is 36.4 Å². The van der Waals surface area contributed by atoms with E-state index < -0.39 is 28.4 Å². The van der Waals surface area contributed by atoms with E-state index >= 15 is 0 Å². The molecular formula is C15H12Cl2FNO4S. The lowest BCUT2D eigenvalue weighted by Crippen LogP contribution is -2.34. The first-order chi connectivity index (χ1) is 11.1. The maximum Gasteiger partial charge on any atom is 0.324 e. The fraction of sp³-hybridized carbons (Fsp3) is 0.133. The molecule has 2 rings (SSSR count). The molecule has 2 aromatic carbocycles. The van der Waals surface area contributed by atoms with Gasteiger partial charge in [-0.2, -0.15) is 0 Å². The van der Waals surface area contributed by atoms with E-state index in [1.54, 1.807) is 0 Å². The quantitative estimate of drug-likeness (QED) is 0.843. The molecule has 0 saturated heterocycles. The van der Waals surface area contributed by atoms with Crippen molar-refractivity contribution in [2.75, 3.05) is 17.1 Å². The molecule has 24 heavy (non-hydrogen) atoms. The van der Waals surface area contributed by atoms with Crippen molar-refractivity contribution >= 4 is 44.9 Å². The minimum atomic E-state index is -3.80. The Hall–Kier alpha value is -1.83. The predicted octanol–water partition coefficient (Wildman–Crippen LogP) is 3.65. The molecule has 0 spiro atoms. The number of halogens is 3. The number of carbonyl (C=O) groups is 1. The molecule has 0 unspecified atom stereocenters. The number of rotatable bonds is 5. The van der Waals surface area contributed by atoms with E-state index in [-0.39, 0.29) is 15.7 Å². The first-order valence-corrected chi connectivity index (χ1v) is 9.14. The summed E-state index contributed by atoms with van der Waals surface area (Å²) in [5.74, 6) is -1.87. The number of hydrogen-bond acceptors (Lipinski definition) is 3. The van der Waals surface area contributed by atoms with Crippen molar-refractivity contribution in [1.29, 1.82) is 0 Å². The van der Waals surface area contributed by atoms with Crippen LogP contribution in [0.25, 0.3) is 11.1 Å². The van der Waals surface area contributed by atoms with Gasteiger partial charge in [0.1, 0.15) is 12.4 Å². The lowest BCUT2D eigenvalue weighted by atomic mass is 10.1. The number of nitrogens with zero attached hydrogens (tertiary/aromatic N) is 1. The molecule has 0 aliphatic heterocycles. The second-order valence-electron chi connectivity index (χ2n) is 4.96. The minimum Gasteiger partial charge on any atom is -0.480 e. The molecule has 9 heteroatoms. The van der Waals surface area contributed by atoms with Crippen LogP contribution < -0.4 is 4.31 Å². The van der Waals surface area contributed by atoms with E-state index in [0.717, 1.165) is 10.6 Å². The summed E-state index contributed by atoms with van der Waals surface area (Å²) in [5, 5.41) is 8.98. The third-order valence-corrected chi connectivity index (χ3v) is 4.89. The number of anilines is 1. The van der Waals surface area contributed by atoms with Crippen LogP contribution in [0.5, 0.6) is 0 Å². The monoisotopic (exact) mass is 391 g/mol. The zero-order chi connectivity index (χ0) is 18.1. The van der Waals surface area contributed by atoms with Crippen molar-refractivity contribution in [2.24, 2.45) is 0 Å². The van der Waals surface area contributed by atoms with Crippen molar-refractivity contribution in [3.63, 3.8) is 0 Å². The highest BCUT2D eigenvalue weighted by molar-refractivity contribution is 7.92. The van der Waals surface area contributed by atoms with Crippen molar-refractivity contribution in [3.05, 3.63) is 52.3 Å². The first kappa shape index (κ1) is 18.5. The molecule has 0 heterocycles. The number of benzene rings is 2. The zero-order valence-corrected chi connectivity index (χ0v) is 14.7. The Labute approximate surface area is 148 Å². The second kappa shape index (κ2) is 6.96. The van der Waals surface area contributed by atoms with Crippen LogP contribution in [0.1, 0.15) is 0 Å². The van der Waals surface area contributed by atoms with E-state index in [1.165, 1.54) is 36.4 Å². The molecule has 0 fully saturated rings. The largest absolute Gasteiger partial charge is 0.480 e. The van der Waals surface area contributed by atoms with Gasteiger partial charge in [-0.15, -0.1) is 0 Å². The fourth-order valence-electron chi connectivity index (χ4n) is 2.08. The summed E-state index contributed by atoms with van der Waals surface area (Å²) in [4.78, 5) is 10.9. The summed E-state index contributed by atoms with van der Waals surface area (Å²) >= 11 is 11.9. The second-order valence-corrected chi connectivity index (χ2v) is 7.68. The summed E-state index contributed by atoms with van der Waals surface area (Å²) in [6.07, 6.45) is 0.900. The molecule has 0 atom stereocenters. The van der Waals surface area contributed by atoms with Gasteiger partial charge in [-0.1, -0.05) is 35.3 Å². The SMILES string of the molecule is CS(=O)(=O)N(CC(=O)O)c1ccc(-c2ccc(F)c(Cl)c2)c(Cl)c1. The third kappa shape index (κ3) is 4.17. The molecule has 0 aromatic heterocycles. The van der Waals surface area contributed by atoms with E-state index in [2.05, 4.69) is 0 Å². The predicted molar refractivity (Wildman–Crippen MR) is 91.7 cm³/mol. The van der Waals surface area contributed by atoms with Crippen LogP contribution in [0.3, 0.4) is 0 Å². The molecule has 5 nitrogen and oxygen atoms in total. The Bertz CT molecular complexity index is 902. The fourth-order valence-corrected chi connectivity index (χ4v) is 3.39. The van der Waals surface area contributed by atoms with Gasteiger partial charge in [0.25, 0.3) is 0 Å². The van der Waals surface area contributed by atoms with Gasteiger partial charge >= 0.3 is 5.97 Å². The molecule has 0 saturated carbocycles. The van der Waals surface area contributed by atoms with E-state index in [0.29, 0.717) is 11.1 Å². The number of carboxylic acids is 1. The molecule has 128 valence electrons. The summed E-state index contributed by atoms with van der Waals surface area (Å²) < 4.78 is 37.5. The van der Waals surface area contributed by atoms with Gasteiger partial charge in [0.15, 0.2) is 0 Å². The maximum absolute atomic E-state index is 13.2. The summed E-state index contributed by atoms with van der Waals surface area (Å²) in [7, 11) is -3.80. The van der Waals surface area contributed by atoms with Crippen molar-refractivity contribution < 1.29 is 22.7 Å². The van der Waals surface area contributed by atoms with E-state index in [1.807, 2.05) is 0 Å². The average molecular weight is 392 g/mol. The van der Waals surface area contributed by atoms with Crippen LogP contribution in [0.4, 0.5) is 10.1 Å². The highest BCUT2D eigenvalue weighted by Crippen LogP contribution is 2.34. The molecular weight excluding hydrogens is 380 g/mol. The molecule has 0 radical (unpaired) electrons. The molecule has 0 aliphatic rings. The molecule has 0 aliphatic carbocycles. The van der Waals surface area contributed by atoms with Crippen LogP contribution in [-0.2, 0) is 14.8 Å². The van der Waals surface area contributed by atoms with Gasteiger partial charge in [-0.3, -0.25) is 9.10 Å². The summed E-state index contributed by atoms with van der Waals surface area (Å²) in [6.45, 7) is -0.725. The highest BCUT2D eigenvalue weighted by Gasteiger charge is 2.21. The van der Waals surface area contributed by atoms with Gasteiger partial charge < -0.3 is 5.11 Å². The average Bonchev–Trinajstić information content (AvgIpc) is 2.46. The smallest absolute Gasteiger partial charge is 0.324 e. The molecule has 0 amide bonds. The Morgan fingerprint density at radius 3 is 2.33 bits per heavy atom. The third-order valence-electron chi connectivity index (χ3n) is 3.15. The van der Waals surface area contributed by atoms with E-state index in [9.17, 15) is 17.6 Å². The van der Waals surface area contributed by atoms with E-state index in [4.69, 9.17) is 28.3 Å². The normalized spacial score (nSPS) is 11.3. The molecule has 1 N–H and O–H groups in total. The van der Waals surface area contributed by atoms with Crippen LogP contribution in [-0.4, -0.2) is 32.3 Å². The van der Waals surface area contributed by atoms with Crippen molar-refractivity contribution in [1.82, 2.24) is 0 Å². The Morgan fingerprint density at radius 2 is 1.83 bits per heavy atom. The highest BCUT2D eigenvalue weighted by atomic mass is 35.5. The van der Waals surface area contributed by atoms with Gasteiger partial charge in [0.2, 0.25) is 10.0 Å². The van der Waals surface area contributed by atoms with Crippen molar-refractivity contribution in [3.8, 4) is 11.1 Å². The van der Waals surface area contributed by atoms with Crippen LogP contribution >= 0.6 is 23.2 Å². The molecule has 2 aromatic rings. The standard InChI is InChI=1S/C15H12Cl2FNO4S/c1-24(22,23)19(8-15(20)21)10-3-4-11(12(16)7-10)9-2-5-14(18)13(17)6-9/h2-7H,8H2,1H3,(H,20,21). The number of hydrogen-bond donors (Lipinski definition) is 1. The Kier molecular flexibility index (Phi) is 5.37. The van der Waals surface area contributed by atoms with Gasteiger partial charge in [-0.25, -0.2) is 12.8 Å². The van der Waals surface area contributed by atoms with Crippen LogP contribution in [0, 0.1) is 5.82 Å². The topological polar surface area (TPSA) is 74.7 Å². The lowest BCUT2D eigenvalue weighted by molar-refractivity contribution is -0.135. The van der Waals surface area contributed by atoms with Crippen LogP contribution in [0.2, 0.25) is 10.0 Å². The Morgan fingerprint density at radius 1 is 1.17 bits per heavy atom. The molecule has 0 bridgehead atoms. The number of carboxylic acid groups (broad SMARTS) is 1. The van der Waals surface area contributed by atoms with Gasteiger partial charge in [0, 0.05) is 5.56 Å². The lowest BCUT2D eigenvalue weighted by Gasteiger charge is -2.21. The summed E-state index contributed by atoms with van der Waals surface area (Å²) in [6, 6.07) is 8.33. The first-order valence-electron chi connectivity index (χ1n) is 6.54. The Balaban J connectivity index is 2.48.